The van der Waals surface area contributed by atoms with Crippen molar-refractivity contribution in [2.24, 2.45) is 5.73 Å². The predicted octanol–water partition coefficient (Wildman–Crippen LogP) is 2.95. The molecule has 1 unspecified atom stereocenters. The van der Waals surface area contributed by atoms with Crippen molar-refractivity contribution in [2.75, 3.05) is 13.7 Å². The van der Waals surface area contributed by atoms with Crippen LogP contribution in [-0.2, 0) is 5.41 Å². The van der Waals surface area contributed by atoms with Gasteiger partial charge in [0.1, 0.15) is 5.75 Å². The van der Waals surface area contributed by atoms with E-state index in [-0.39, 0.29) is 0 Å². The Morgan fingerprint density at radius 3 is 2.76 bits per heavy atom. The molecule has 92 valence electrons. The van der Waals surface area contributed by atoms with Crippen LogP contribution in [0.25, 0.3) is 0 Å². The van der Waals surface area contributed by atoms with Gasteiger partial charge in [-0.3, -0.25) is 0 Å². The molecule has 3 rings (SSSR count). The summed E-state index contributed by atoms with van der Waals surface area (Å²) in [5, 5.41) is 0. The molecule has 0 aromatic heterocycles. The molecule has 0 radical (unpaired) electrons. The summed E-state index contributed by atoms with van der Waals surface area (Å²) in [4.78, 5) is 0. The predicted molar refractivity (Wildman–Crippen MR) is 69.6 cm³/mol. The smallest absolute Gasteiger partial charge is 0.122 e. The third-order valence-electron chi connectivity index (χ3n) is 4.82. The van der Waals surface area contributed by atoms with Gasteiger partial charge in [0.15, 0.2) is 0 Å². The van der Waals surface area contributed by atoms with Crippen molar-refractivity contribution >= 4 is 0 Å². The zero-order valence-electron chi connectivity index (χ0n) is 10.5. The molecule has 0 bridgehead atoms. The SMILES string of the molecule is COc1cccc2c1C1(CCC1)CCC2CN. The highest BCUT2D eigenvalue weighted by atomic mass is 16.5. The maximum atomic E-state index is 5.92. The lowest BCUT2D eigenvalue weighted by atomic mass is 9.56. The minimum absolute atomic E-state index is 0.424. The highest BCUT2D eigenvalue weighted by molar-refractivity contribution is 5.50. The number of hydrogen-bond donors (Lipinski definition) is 1. The van der Waals surface area contributed by atoms with E-state index in [1.165, 1.54) is 43.2 Å². The number of rotatable bonds is 2. The van der Waals surface area contributed by atoms with Gasteiger partial charge in [0.2, 0.25) is 0 Å². The van der Waals surface area contributed by atoms with Crippen molar-refractivity contribution in [2.45, 2.75) is 43.4 Å². The molecular formula is C15H21NO. The molecule has 2 N–H and O–H groups in total. The Balaban J connectivity index is 2.14. The molecule has 1 fully saturated rings. The minimum Gasteiger partial charge on any atom is -0.496 e. The van der Waals surface area contributed by atoms with Crippen LogP contribution >= 0.6 is 0 Å². The molecule has 2 nitrogen and oxygen atoms in total. The molecule has 1 atom stereocenters. The van der Waals surface area contributed by atoms with E-state index in [0.717, 1.165) is 12.3 Å². The number of fused-ring (bicyclic) bond motifs is 2. The van der Waals surface area contributed by atoms with E-state index in [2.05, 4.69) is 18.2 Å². The molecule has 1 spiro atoms. The van der Waals surface area contributed by atoms with E-state index >= 15 is 0 Å². The van der Waals surface area contributed by atoms with E-state index < -0.39 is 0 Å². The van der Waals surface area contributed by atoms with Crippen LogP contribution in [0.2, 0.25) is 0 Å². The van der Waals surface area contributed by atoms with E-state index in [4.69, 9.17) is 10.5 Å². The Bertz CT molecular complexity index is 423. The van der Waals surface area contributed by atoms with Gasteiger partial charge in [-0.2, -0.15) is 0 Å². The van der Waals surface area contributed by atoms with Gasteiger partial charge in [-0.05, 0) is 55.2 Å². The fourth-order valence-electron chi connectivity index (χ4n) is 3.71. The van der Waals surface area contributed by atoms with Crippen molar-refractivity contribution in [3.05, 3.63) is 29.3 Å². The molecule has 2 aliphatic carbocycles. The molecule has 0 saturated heterocycles. The Morgan fingerprint density at radius 2 is 2.18 bits per heavy atom. The third-order valence-corrected chi connectivity index (χ3v) is 4.82. The molecule has 0 aliphatic heterocycles. The fourth-order valence-corrected chi connectivity index (χ4v) is 3.71. The number of methoxy groups -OCH3 is 1. The topological polar surface area (TPSA) is 35.2 Å². The number of hydrogen-bond acceptors (Lipinski definition) is 2. The number of ether oxygens (including phenoxy) is 1. The molecule has 17 heavy (non-hydrogen) atoms. The summed E-state index contributed by atoms with van der Waals surface area (Å²) in [5.41, 5.74) is 9.28. The largest absolute Gasteiger partial charge is 0.496 e. The summed E-state index contributed by atoms with van der Waals surface area (Å²) in [5.74, 6) is 1.62. The lowest BCUT2D eigenvalue weighted by Crippen LogP contribution is -2.40. The molecule has 1 aromatic carbocycles. The van der Waals surface area contributed by atoms with Gasteiger partial charge in [0.25, 0.3) is 0 Å². The zero-order chi connectivity index (χ0) is 11.9. The lowest BCUT2D eigenvalue weighted by Gasteiger charge is -2.48. The average molecular weight is 231 g/mol. The average Bonchev–Trinajstić information content (AvgIpc) is 2.34. The highest BCUT2D eigenvalue weighted by Crippen LogP contribution is 2.56. The van der Waals surface area contributed by atoms with Crippen LogP contribution in [0, 0.1) is 0 Å². The van der Waals surface area contributed by atoms with Crippen molar-refractivity contribution in [3.8, 4) is 5.75 Å². The monoisotopic (exact) mass is 231 g/mol. The number of benzene rings is 1. The molecule has 1 saturated carbocycles. The van der Waals surface area contributed by atoms with Gasteiger partial charge in [-0.1, -0.05) is 18.6 Å². The fraction of sp³-hybridized carbons (Fsp3) is 0.600. The van der Waals surface area contributed by atoms with Crippen LogP contribution in [-0.4, -0.2) is 13.7 Å². The van der Waals surface area contributed by atoms with Gasteiger partial charge < -0.3 is 10.5 Å². The summed E-state index contributed by atoms with van der Waals surface area (Å²) in [6.45, 7) is 0.760. The van der Waals surface area contributed by atoms with Crippen LogP contribution in [0.3, 0.4) is 0 Å². The van der Waals surface area contributed by atoms with Gasteiger partial charge >= 0.3 is 0 Å². The van der Waals surface area contributed by atoms with Crippen LogP contribution in [0.1, 0.15) is 49.1 Å². The first-order valence-electron chi connectivity index (χ1n) is 6.68. The van der Waals surface area contributed by atoms with Crippen LogP contribution in [0.15, 0.2) is 18.2 Å². The Labute approximate surface area is 103 Å². The highest BCUT2D eigenvalue weighted by Gasteiger charge is 2.45. The summed E-state index contributed by atoms with van der Waals surface area (Å²) >= 11 is 0. The van der Waals surface area contributed by atoms with E-state index in [9.17, 15) is 0 Å². The van der Waals surface area contributed by atoms with Gasteiger partial charge in [-0.25, -0.2) is 0 Å². The summed E-state index contributed by atoms with van der Waals surface area (Å²) in [7, 11) is 1.79. The molecule has 0 heterocycles. The van der Waals surface area contributed by atoms with Crippen molar-refractivity contribution in [1.82, 2.24) is 0 Å². The quantitative estimate of drug-likeness (QED) is 0.849. The van der Waals surface area contributed by atoms with Crippen molar-refractivity contribution in [1.29, 1.82) is 0 Å². The second kappa shape index (κ2) is 4.02. The second-order valence-corrected chi connectivity index (χ2v) is 5.53. The summed E-state index contributed by atoms with van der Waals surface area (Å²) < 4.78 is 5.60. The van der Waals surface area contributed by atoms with Gasteiger partial charge in [-0.15, -0.1) is 0 Å². The third kappa shape index (κ3) is 1.50. The van der Waals surface area contributed by atoms with E-state index in [1.54, 1.807) is 7.11 Å². The zero-order valence-corrected chi connectivity index (χ0v) is 10.5. The molecule has 0 amide bonds. The van der Waals surface area contributed by atoms with Gasteiger partial charge in [0.05, 0.1) is 7.11 Å². The minimum atomic E-state index is 0.424. The van der Waals surface area contributed by atoms with Crippen molar-refractivity contribution in [3.63, 3.8) is 0 Å². The van der Waals surface area contributed by atoms with Crippen LogP contribution < -0.4 is 10.5 Å². The lowest BCUT2D eigenvalue weighted by molar-refractivity contribution is 0.192. The normalized spacial score (nSPS) is 25.2. The Hall–Kier alpha value is -1.02. The summed E-state index contributed by atoms with van der Waals surface area (Å²) in [6, 6.07) is 6.48. The van der Waals surface area contributed by atoms with Gasteiger partial charge in [0, 0.05) is 5.56 Å². The van der Waals surface area contributed by atoms with E-state index in [1.807, 2.05) is 0 Å². The number of nitrogens with two attached hydrogens (primary N) is 1. The van der Waals surface area contributed by atoms with Crippen molar-refractivity contribution < 1.29 is 4.74 Å². The van der Waals surface area contributed by atoms with E-state index in [0.29, 0.717) is 11.3 Å². The summed E-state index contributed by atoms with van der Waals surface area (Å²) in [6.07, 6.45) is 6.57. The second-order valence-electron chi connectivity index (χ2n) is 5.53. The first-order chi connectivity index (χ1) is 8.30. The molecule has 1 aromatic rings. The Morgan fingerprint density at radius 1 is 1.35 bits per heavy atom. The molecule has 2 heteroatoms. The standard InChI is InChI=1S/C15H21NO/c1-17-13-5-2-4-12-11(10-16)6-9-15(14(12)13)7-3-8-15/h2,4-5,11H,3,6-10,16H2,1H3. The van der Waals surface area contributed by atoms with Crippen LogP contribution in [0.5, 0.6) is 5.75 Å². The maximum Gasteiger partial charge on any atom is 0.122 e. The Kier molecular flexibility index (Phi) is 2.62. The van der Waals surface area contributed by atoms with Crippen LogP contribution in [0.4, 0.5) is 0 Å². The molecule has 2 aliphatic rings. The first-order valence-corrected chi connectivity index (χ1v) is 6.68. The first kappa shape index (κ1) is 11.1. The maximum absolute atomic E-state index is 5.92. The molecular weight excluding hydrogens is 210 g/mol.